The summed E-state index contributed by atoms with van der Waals surface area (Å²) in [5, 5.41) is 0. The highest BCUT2D eigenvalue weighted by atomic mass is 32.2. The fourth-order valence-electron chi connectivity index (χ4n) is 1.24. The van der Waals surface area contributed by atoms with Gasteiger partial charge in [0, 0.05) is 13.1 Å². The lowest BCUT2D eigenvalue weighted by molar-refractivity contribution is 0.445. The zero-order valence-electron chi connectivity index (χ0n) is 7.90. The molecule has 0 aliphatic rings. The van der Waals surface area contributed by atoms with Gasteiger partial charge in [0.2, 0.25) is 10.0 Å². The molecule has 0 bridgehead atoms. The summed E-state index contributed by atoms with van der Waals surface area (Å²) in [6.45, 7) is 4.71. The molecule has 1 aromatic carbocycles. The Hall–Kier alpha value is -0.740. The Morgan fingerprint density at radius 1 is 1.38 bits per heavy atom. The summed E-state index contributed by atoms with van der Waals surface area (Å²) in [5.41, 5.74) is 0. The monoisotopic (exact) mass is 200 g/mol. The highest BCUT2D eigenvalue weighted by Crippen LogP contribution is 2.14. The number of nitrogens with zero attached hydrogens (tertiary/aromatic N) is 1. The lowest BCUT2D eigenvalue weighted by Crippen LogP contribution is -2.30. The smallest absolute Gasteiger partial charge is 0.212 e. The van der Waals surface area contributed by atoms with E-state index >= 15 is 0 Å². The third-order valence-electron chi connectivity index (χ3n) is 1.98. The molecule has 1 aromatic rings. The molecule has 0 N–H and O–H groups in total. The summed E-state index contributed by atoms with van der Waals surface area (Å²) in [4.78, 5) is 0.385. The van der Waals surface area contributed by atoms with Crippen molar-refractivity contribution in [1.82, 2.24) is 4.31 Å². The Morgan fingerprint density at radius 2 is 2.00 bits per heavy atom. The van der Waals surface area contributed by atoms with Crippen molar-refractivity contribution < 1.29 is 8.42 Å². The third kappa shape index (κ3) is 1.95. The van der Waals surface area contributed by atoms with Crippen molar-refractivity contribution in [2.24, 2.45) is 0 Å². The Kier molecular flexibility index (Phi) is 3.17. The van der Waals surface area contributed by atoms with E-state index in [9.17, 15) is 8.42 Å². The lowest BCUT2D eigenvalue weighted by atomic mass is 10.7. The molecular weight excluding hydrogens is 186 g/mol. The Balaban J connectivity index is 3.02. The molecule has 1 rings (SSSR count). The first-order chi connectivity index (χ1) is 6.12. The molecule has 74 valence electrons. The van der Waals surface area contributed by atoms with E-state index in [0.717, 1.165) is 0 Å². The average molecular weight is 200 g/mol. The van der Waals surface area contributed by atoms with Gasteiger partial charge in [0.1, 0.15) is 0 Å². The van der Waals surface area contributed by atoms with Gasteiger partial charge in [-0.05, 0) is 4.90 Å². The summed E-state index contributed by atoms with van der Waals surface area (Å²) in [7, 11) is -3.22. The highest BCUT2D eigenvalue weighted by molar-refractivity contribution is 7.89. The van der Waals surface area contributed by atoms with Crippen LogP contribution in [0.15, 0.2) is 29.2 Å². The summed E-state index contributed by atoms with van der Waals surface area (Å²) in [6, 6.07) is 6.70. The molecule has 13 heavy (non-hydrogen) atoms. The van der Waals surface area contributed by atoms with E-state index < -0.39 is 10.0 Å². The van der Waals surface area contributed by atoms with Crippen molar-refractivity contribution in [3.05, 3.63) is 24.3 Å². The van der Waals surface area contributed by atoms with Gasteiger partial charge in [0.15, 0.2) is 0 Å². The van der Waals surface area contributed by atoms with E-state index in [-0.39, 0.29) is 0 Å². The first-order valence-electron chi connectivity index (χ1n) is 4.34. The van der Waals surface area contributed by atoms with Gasteiger partial charge in [-0.3, -0.25) is 0 Å². The summed E-state index contributed by atoms with van der Waals surface area (Å²) >= 11 is 0. The van der Waals surface area contributed by atoms with Crippen molar-refractivity contribution in [2.45, 2.75) is 18.7 Å². The van der Waals surface area contributed by atoms with E-state index in [0.29, 0.717) is 18.0 Å². The Labute approximate surface area is 79.4 Å². The summed E-state index contributed by atoms with van der Waals surface area (Å²) in [5.74, 6) is 0. The second-order valence-corrected chi connectivity index (χ2v) is 4.65. The molecule has 0 radical (unpaired) electrons. The summed E-state index contributed by atoms with van der Waals surface area (Å²) in [6.07, 6.45) is 0. The van der Waals surface area contributed by atoms with Gasteiger partial charge in [0.25, 0.3) is 0 Å². The normalized spacial score (nSPS) is 12.2. The zero-order valence-corrected chi connectivity index (χ0v) is 8.71. The second kappa shape index (κ2) is 3.98. The molecule has 4 heteroatoms. The maximum Gasteiger partial charge on any atom is 0.219 e. The maximum atomic E-state index is 11.8. The molecule has 3 nitrogen and oxygen atoms in total. The molecule has 0 fully saturated rings. The van der Waals surface area contributed by atoms with Gasteiger partial charge >= 0.3 is 0 Å². The van der Waals surface area contributed by atoms with Crippen LogP contribution in [0.2, 0.25) is 0 Å². The van der Waals surface area contributed by atoms with Crippen molar-refractivity contribution >= 4 is 10.0 Å². The van der Waals surface area contributed by atoms with E-state index in [1.54, 1.807) is 24.3 Å². The predicted octanol–water partition coefficient (Wildman–Crippen LogP) is 1.44. The van der Waals surface area contributed by atoms with Gasteiger partial charge in [0.05, 0.1) is 0 Å². The Morgan fingerprint density at radius 3 is 2.38 bits per heavy atom. The predicted molar refractivity (Wildman–Crippen MR) is 52.1 cm³/mol. The molecule has 0 amide bonds. The van der Waals surface area contributed by atoms with Crippen LogP contribution in [0.25, 0.3) is 0 Å². The van der Waals surface area contributed by atoms with Crippen molar-refractivity contribution in [2.75, 3.05) is 13.1 Å². The van der Waals surface area contributed by atoms with Crippen molar-refractivity contribution in [1.29, 1.82) is 0 Å². The fourth-order valence-corrected chi connectivity index (χ4v) is 2.72. The molecule has 0 saturated carbocycles. The minimum Gasteiger partial charge on any atom is -0.212 e. The SMILES string of the molecule is CCN(CC)S(=O)(=O)c1ccc[cH-]1. The van der Waals surface area contributed by atoms with Crippen LogP contribution in [0, 0.1) is 0 Å². The van der Waals surface area contributed by atoms with Gasteiger partial charge < -0.3 is 0 Å². The highest BCUT2D eigenvalue weighted by Gasteiger charge is 2.16. The van der Waals surface area contributed by atoms with Crippen LogP contribution in [0.5, 0.6) is 0 Å². The van der Waals surface area contributed by atoms with Crippen molar-refractivity contribution in [3.8, 4) is 0 Å². The largest absolute Gasteiger partial charge is 0.219 e. The van der Waals surface area contributed by atoms with Crippen LogP contribution in [0.4, 0.5) is 0 Å². The fraction of sp³-hybridized carbons (Fsp3) is 0.444. The molecule has 0 unspecified atom stereocenters. The van der Waals surface area contributed by atoms with Crippen LogP contribution in [0.1, 0.15) is 13.8 Å². The Bertz CT molecular complexity index is 336. The number of rotatable bonds is 4. The minimum absolute atomic E-state index is 0.385. The quantitative estimate of drug-likeness (QED) is 0.690. The van der Waals surface area contributed by atoms with Gasteiger partial charge in [-0.2, -0.15) is 18.2 Å². The molecule has 0 atom stereocenters. The number of sulfonamides is 1. The topological polar surface area (TPSA) is 37.4 Å². The van der Waals surface area contributed by atoms with Crippen molar-refractivity contribution in [3.63, 3.8) is 0 Å². The molecule has 0 aliphatic heterocycles. The molecular formula is C9H14NO2S-. The number of hydrogen-bond donors (Lipinski definition) is 0. The van der Waals surface area contributed by atoms with Crippen LogP contribution >= 0.6 is 0 Å². The molecule has 0 spiro atoms. The maximum absolute atomic E-state index is 11.8. The van der Waals surface area contributed by atoms with Gasteiger partial charge in [-0.25, -0.2) is 18.8 Å². The summed E-state index contributed by atoms with van der Waals surface area (Å²) < 4.78 is 25.0. The van der Waals surface area contributed by atoms with Gasteiger partial charge in [-0.15, -0.1) is 0 Å². The standard InChI is InChI=1S/C9H14NO2S/c1-3-10(4-2)13(11,12)9-7-5-6-8-9/h5-8H,3-4H2,1-2H3/q-1. The molecule has 0 saturated heterocycles. The first kappa shape index (κ1) is 10.3. The van der Waals surface area contributed by atoms with E-state index in [1.807, 2.05) is 13.8 Å². The average Bonchev–Trinajstić information content (AvgIpc) is 2.58. The molecule has 0 aromatic heterocycles. The van der Waals surface area contributed by atoms with E-state index in [1.165, 1.54) is 4.31 Å². The van der Waals surface area contributed by atoms with Crippen LogP contribution in [0.3, 0.4) is 0 Å². The third-order valence-corrected chi connectivity index (χ3v) is 4.04. The van der Waals surface area contributed by atoms with Crippen LogP contribution < -0.4 is 0 Å². The van der Waals surface area contributed by atoms with Gasteiger partial charge in [-0.1, -0.05) is 13.8 Å². The van der Waals surface area contributed by atoms with Crippen LogP contribution in [-0.4, -0.2) is 25.8 Å². The lowest BCUT2D eigenvalue weighted by Gasteiger charge is -2.19. The van der Waals surface area contributed by atoms with E-state index in [4.69, 9.17) is 0 Å². The van der Waals surface area contributed by atoms with Crippen LogP contribution in [-0.2, 0) is 10.0 Å². The second-order valence-electron chi connectivity index (χ2n) is 2.71. The first-order valence-corrected chi connectivity index (χ1v) is 5.78. The molecule has 0 heterocycles. The minimum atomic E-state index is -3.22. The van der Waals surface area contributed by atoms with E-state index in [2.05, 4.69) is 0 Å². The number of hydrogen-bond acceptors (Lipinski definition) is 2. The molecule has 0 aliphatic carbocycles. The zero-order chi connectivity index (χ0) is 9.90.